The first kappa shape index (κ1) is 23.5. The van der Waals surface area contributed by atoms with Gasteiger partial charge in [0.25, 0.3) is 0 Å². The third-order valence-corrected chi connectivity index (χ3v) is 5.92. The summed E-state index contributed by atoms with van der Waals surface area (Å²) in [5.74, 6) is -0.459. The van der Waals surface area contributed by atoms with E-state index in [1.807, 2.05) is 54.6 Å². The molecule has 0 aliphatic heterocycles. The summed E-state index contributed by atoms with van der Waals surface area (Å²) in [6.07, 6.45) is 0.379. The number of carbonyl (C=O) groups is 3. The molecule has 0 unspecified atom stereocenters. The molecule has 3 rings (SSSR count). The van der Waals surface area contributed by atoms with Gasteiger partial charge in [-0.25, -0.2) is 4.98 Å². The van der Waals surface area contributed by atoms with Crippen molar-refractivity contribution >= 4 is 51.7 Å². The Morgan fingerprint density at radius 3 is 2.59 bits per heavy atom. The first-order valence-electron chi connectivity index (χ1n) is 9.98. The number of hydrogen-bond donors (Lipinski definition) is 2. The Kier molecular flexibility index (Phi) is 8.82. The van der Waals surface area contributed by atoms with Gasteiger partial charge in [0.1, 0.15) is 0 Å². The first-order valence-corrected chi connectivity index (χ1v) is 11.8. The normalized spacial score (nSPS) is 10.4. The van der Waals surface area contributed by atoms with E-state index in [9.17, 15) is 14.4 Å². The average Bonchev–Trinajstić information content (AvgIpc) is 3.19. The van der Waals surface area contributed by atoms with Gasteiger partial charge in [-0.1, -0.05) is 36.4 Å². The number of benzene rings is 2. The fourth-order valence-electron chi connectivity index (χ4n) is 2.76. The van der Waals surface area contributed by atoms with Crippen molar-refractivity contribution in [1.82, 2.24) is 4.98 Å². The number of thiazole rings is 1. The third-order valence-electron chi connectivity index (χ3n) is 4.12. The van der Waals surface area contributed by atoms with Crippen LogP contribution in [0.5, 0.6) is 0 Å². The summed E-state index contributed by atoms with van der Waals surface area (Å²) < 4.78 is 4.90. The number of anilines is 2. The van der Waals surface area contributed by atoms with Crippen LogP contribution < -0.4 is 10.6 Å². The predicted octanol–water partition coefficient (Wildman–Crippen LogP) is 4.16. The summed E-state index contributed by atoms with van der Waals surface area (Å²) in [6.45, 7) is 2.07. The smallest absolute Gasteiger partial charge is 0.311 e. The van der Waals surface area contributed by atoms with Gasteiger partial charge in [-0.05, 0) is 30.7 Å². The minimum Gasteiger partial charge on any atom is -0.466 e. The fraction of sp³-hybridized carbons (Fsp3) is 0.217. The number of amides is 2. The number of esters is 1. The summed E-state index contributed by atoms with van der Waals surface area (Å²) in [5.41, 5.74) is 2.19. The van der Waals surface area contributed by atoms with Crippen LogP contribution in [0.15, 0.2) is 64.9 Å². The van der Waals surface area contributed by atoms with Gasteiger partial charge in [-0.2, -0.15) is 0 Å². The van der Waals surface area contributed by atoms with Gasteiger partial charge in [-0.15, -0.1) is 23.1 Å². The predicted molar refractivity (Wildman–Crippen MR) is 127 cm³/mol. The minimum absolute atomic E-state index is 0.0811. The largest absolute Gasteiger partial charge is 0.466 e. The SMILES string of the molecule is CCOC(=O)Cc1csc(NC(=O)CSc2cccc(NC(=O)Cc3ccccc3)c2)n1. The van der Waals surface area contributed by atoms with Crippen molar-refractivity contribution in [2.45, 2.75) is 24.7 Å². The van der Waals surface area contributed by atoms with Gasteiger partial charge in [-0.3, -0.25) is 14.4 Å². The molecule has 0 aliphatic rings. The van der Waals surface area contributed by atoms with E-state index in [-0.39, 0.29) is 30.0 Å². The van der Waals surface area contributed by atoms with Crippen LogP contribution in [0.25, 0.3) is 0 Å². The maximum Gasteiger partial charge on any atom is 0.311 e. The number of rotatable bonds is 10. The fourth-order valence-corrected chi connectivity index (χ4v) is 4.24. The number of thioether (sulfide) groups is 1. The summed E-state index contributed by atoms with van der Waals surface area (Å²) in [6, 6.07) is 16.9. The molecule has 3 aromatic rings. The van der Waals surface area contributed by atoms with Crippen LogP contribution in [-0.2, 0) is 32.0 Å². The first-order chi connectivity index (χ1) is 15.5. The van der Waals surface area contributed by atoms with E-state index in [1.165, 1.54) is 23.1 Å². The second-order valence-electron chi connectivity index (χ2n) is 6.70. The van der Waals surface area contributed by atoms with Gasteiger partial charge in [0.2, 0.25) is 11.8 Å². The molecule has 0 saturated heterocycles. The Morgan fingerprint density at radius 1 is 1.00 bits per heavy atom. The molecule has 0 saturated carbocycles. The molecule has 1 heterocycles. The van der Waals surface area contributed by atoms with Crippen molar-refractivity contribution in [2.75, 3.05) is 23.0 Å². The average molecular weight is 470 g/mol. The van der Waals surface area contributed by atoms with Crippen LogP contribution in [0.4, 0.5) is 10.8 Å². The zero-order valence-corrected chi connectivity index (χ0v) is 19.1. The van der Waals surface area contributed by atoms with E-state index in [0.29, 0.717) is 29.5 Å². The molecule has 2 N–H and O–H groups in total. The Balaban J connectivity index is 1.46. The molecule has 0 radical (unpaired) electrons. The van der Waals surface area contributed by atoms with Crippen LogP contribution in [0.1, 0.15) is 18.2 Å². The second-order valence-corrected chi connectivity index (χ2v) is 8.61. The molecule has 0 atom stereocenters. The number of aromatic nitrogens is 1. The number of nitrogens with one attached hydrogen (secondary N) is 2. The molecular formula is C23H23N3O4S2. The second kappa shape index (κ2) is 12.0. The van der Waals surface area contributed by atoms with Gasteiger partial charge in [0.05, 0.1) is 30.9 Å². The van der Waals surface area contributed by atoms with Gasteiger partial charge < -0.3 is 15.4 Å². The highest BCUT2D eigenvalue weighted by Gasteiger charge is 2.11. The van der Waals surface area contributed by atoms with E-state index in [2.05, 4.69) is 15.6 Å². The molecule has 0 fully saturated rings. The van der Waals surface area contributed by atoms with E-state index >= 15 is 0 Å². The highest BCUT2D eigenvalue weighted by molar-refractivity contribution is 8.00. The van der Waals surface area contributed by atoms with Gasteiger partial charge >= 0.3 is 5.97 Å². The minimum atomic E-state index is -0.345. The van der Waals surface area contributed by atoms with E-state index < -0.39 is 0 Å². The number of ether oxygens (including phenoxy) is 1. The molecule has 9 heteroatoms. The maximum absolute atomic E-state index is 12.3. The van der Waals surface area contributed by atoms with Crippen LogP contribution in [0, 0.1) is 0 Å². The Morgan fingerprint density at radius 2 is 1.81 bits per heavy atom. The van der Waals surface area contributed by atoms with E-state index in [4.69, 9.17) is 4.74 Å². The van der Waals surface area contributed by atoms with Crippen molar-refractivity contribution in [2.24, 2.45) is 0 Å². The molecule has 2 aromatic carbocycles. The number of nitrogens with zero attached hydrogens (tertiary/aromatic N) is 1. The standard InChI is InChI=1S/C23H23N3O4S2/c1-2-30-22(29)13-18-14-32-23(25-18)26-21(28)15-31-19-10-6-9-17(12-19)24-20(27)11-16-7-4-3-5-8-16/h3-10,12,14H,2,11,13,15H2,1H3,(H,24,27)(H,25,26,28). The lowest BCUT2D eigenvalue weighted by Gasteiger charge is -2.08. The molecule has 0 spiro atoms. The molecule has 7 nitrogen and oxygen atoms in total. The quantitative estimate of drug-likeness (QED) is 0.342. The monoisotopic (exact) mass is 469 g/mol. The summed E-state index contributed by atoms with van der Waals surface area (Å²) in [5, 5.41) is 7.79. The molecule has 166 valence electrons. The number of hydrogen-bond acceptors (Lipinski definition) is 7. The van der Waals surface area contributed by atoms with Gasteiger partial charge in [0, 0.05) is 16.0 Å². The van der Waals surface area contributed by atoms with Crippen LogP contribution in [0.3, 0.4) is 0 Å². The summed E-state index contributed by atoms with van der Waals surface area (Å²) in [7, 11) is 0. The third kappa shape index (κ3) is 7.82. The van der Waals surface area contributed by atoms with Gasteiger partial charge in [0.15, 0.2) is 5.13 Å². The lowest BCUT2D eigenvalue weighted by Crippen LogP contribution is -2.15. The molecule has 0 bridgehead atoms. The highest BCUT2D eigenvalue weighted by atomic mass is 32.2. The maximum atomic E-state index is 12.3. The Bertz CT molecular complexity index is 1070. The van der Waals surface area contributed by atoms with Crippen molar-refractivity contribution in [3.05, 3.63) is 71.2 Å². The van der Waals surface area contributed by atoms with Crippen molar-refractivity contribution in [3.63, 3.8) is 0 Å². The van der Waals surface area contributed by atoms with Crippen molar-refractivity contribution < 1.29 is 19.1 Å². The summed E-state index contributed by atoms with van der Waals surface area (Å²) >= 11 is 2.62. The van der Waals surface area contributed by atoms with Crippen LogP contribution in [-0.4, -0.2) is 35.1 Å². The number of carbonyl (C=O) groups excluding carboxylic acids is 3. The molecular weight excluding hydrogens is 446 g/mol. The highest BCUT2D eigenvalue weighted by Crippen LogP contribution is 2.23. The topological polar surface area (TPSA) is 97.4 Å². The zero-order chi connectivity index (χ0) is 22.8. The molecule has 2 amide bonds. The van der Waals surface area contributed by atoms with E-state index in [0.717, 1.165) is 10.5 Å². The zero-order valence-electron chi connectivity index (χ0n) is 17.5. The molecule has 32 heavy (non-hydrogen) atoms. The molecule has 0 aliphatic carbocycles. The summed E-state index contributed by atoms with van der Waals surface area (Å²) in [4.78, 5) is 41.1. The molecule has 1 aromatic heterocycles. The Hall–Kier alpha value is -3.17. The van der Waals surface area contributed by atoms with Crippen LogP contribution >= 0.6 is 23.1 Å². The van der Waals surface area contributed by atoms with Crippen molar-refractivity contribution in [1.29, 1.82) is 0 Å². The van der Waals surface area contributed by atoms with Crippen LogP contribution in [0.2, 0.25) is 0 Å². The van der Waals surface area contributed by atoms with E-state index in [1.54, 1.807) is 12.3 Å². The Labute approximate surface area is 194 Å². The van der Waals surface area contributed by atoms with Crippen molar-refractivity contribution in [3.8, 4) is 0 Å². The lowest BCUT2D eigenvalue weighted by atomic mass is 10.1. The lowest BCUT2D eigenvalue weighted by molar-refractivity contribution is -0.142.